The van der Waals surface area contributed by atoms with Crippen LogP contribution in [0.4, 0.5) is 0 Å². The van der Waals surface area contributed by atoms with Crippen molar-refractivity contribution in [3.05, 3.63) is 71.4 Å². The average molecular weight is 365 g/mol. The summed E-state index contributed by atoms with van der Waals surface area (Å²) in [4.78, 5) is 16.4. The topological polar surface area (TPSA) is 66.3 Å². The molecule has 0 amide bonds. The first-order valence-corrected chi connectivity index (χ1v) is 8.21. The quantitative estimate of drug-likeness (QED) is 0.578. The molecule has 0 unspecified atom stereocenters. The smallest absolute Gasteiger partial charge is 0.363 e. The molecule has 0 saturated carbocycles. The van der Waals surface area contributed by atoms with Gasteiger partial charge in [-0.3, -0.25) is 0 Å². The van der Waals surface area contributed by atoms with Gasteiger partial charge in [0.05, 0.1) is 21.3 Å². The van der Waals surface area contributed by atoms with E-state index in [0.29, 0.717) is 17.1 Å². The number of carbonyl (C=O) groups excluding carboxylic acids is 1. The van der Waals surface area contributed by atoms with Gasteiger partial charge in [-0.2, -0.15) is 0 Å². The normalized spacial score (nSPS) is 15.0. The van der Waals surface area contributed by atoms with E-state index in [1.54, 1.807) is 44.6 Å². The van der Waals surface area contributed by atoms with Gasteiger partial charge in [-0.1, -0.05) is 30.4 Å². The molecule has 138 valence electrons. The van der Waals surface area contributed by atoms with Crippen LogP contribution in [0.25, 0.3) is 6.08 Å². The van der Waals surface area contributed by atoms with Crippen LogP contribution in [0, 0.1) is 0 Å². The van der Waals surface area contributed by atoms with E-state index >= 15 is 0 Å². The molecule has 0 spiro atoms. The number of nitrogens with zero attached hydrogens (tertiary/aromatic N) is 1. The molecule has 0 fully saturated rings. The molecule has 0 saturated heterocycles. The van der Waals surface area contributed by atoms with Crippen LogP contribution in [0.1, 0.15) is 11.1 Å². The third-order valence-corrected chi connectivity index (χ3v) is 3.92. The molecule has 27 heavy (non-hydrogen) atoms. The number of rotatable bonds is 6. The van der Waals surface area contributed by atoms with Crippen LogP contribution in [0.2, 0.25) is 0 Å². The molecule has 0 radical (unpaired) electrons. The lowest BCUT2D eigenvalue weighted by Crippen LogP contribution is -2.05. The Balaban J connectivity index is 1.84. The van der Waals surface area contributed by atoms with E-state index in [2.05, 4.69) is 4.99 Å². The molecular weight excluding hydrogens is 346 g/mol. The minimum Gasteiger partial charge on any atom is -0.496 e. The number of hydrogen-bond acceptors (Lipinski definition) is 6. The second-order valence-corrected chi connectivity index (χ2v) is 5.53. The van der Waals surface area contributed by atoms with Gasteiger partial charge in [0.15, 0.2) is 17.2 Å². The highest BCUT2D eigenvalue weighted by atomic mass is 16.6. The minimum absolute atomic E-state index is 0.214. The van der Waals surface area contributed by atoms with Crippen molar-refractivity contribution in [2.24, 2.45) is 4.99 Å². The van der Waals surface area contributed by atoms with E-state index in [1.807, 2.05) is 30.3 Å². The number of esters is 1. The molecule has 0 atom stereocenters. The van der Waals surface area contributed by atoms with Crippen LogP contribution in [0.3, 0.4) is 0 Å². The fourth-order valence-corrected chi connectivity index (χ4v) is 2.56. The summed E-state index contributed by atoms with van der Waals surface area (Å²) in [6, 6.07) is 12.8. The first-order valence-electron chi connectivity index (χ1n) is 8.21. The number of para-hydroxylation sites is 1. The number of hydrogen-bond donors (Lipinski definition) is 0. The summed E-state index contributed by atoms with van der Waals surface area (Å²) in [6.07, 6.45) is 5.17. The lowest BCUT2D eigenvalue weighted by molar-refractivity contribution is -0.130. The van der Waals surface area contributed by atoms with Gasteiger partial charge in [-0.05, 0) is 30.3 Å². The van der Waals surface area contributed by atoms with Crippen molar-refractivity contribution in [3.8, 4) is 17.2 Å². The zero-order valence-electron chi connectivity index (χ0n) is 15.3. The summed E-state index contributed by atoms with van der Waals surface area (Å²) in [6.45, 7) is 0. The van der Waals surface area contributed by atoms with Gasteiger partial charge in [0.25, 0.3) is 0 Å². The number of methoxy groups -OCH3 is 3. The Morgan fingerprint density at radius 1 is 0.926 bits per heavy atom. The molecular formula is C21H19NO5. The Morgan fingerprint density at radius 3 is 2.41 bits per heavy atom. The maximum Gasteiger partial charge on any atom is 0.363 e. The maximum atomic E-state index is 12.1. The number of ether oxygens (including phenoxy) is 4. The third-order valence-electron chi connectivity index (χ3n) is 3.92. The second kappa shape index (κ2) is 8.23. The number of aliphatic imine (C=N–C) groups is 1. The maximum absolute atomic E-state index is 12.1. The van der Waals surface area contributed by atoms with Crippen molar-refractivity contribution in [2.45, 2.75) is 0 Å². The zero-order valence-corrected chi connectivity index (χ0v) is 15.3. The number of allylic oxidation sites excluding steroid dienone is 2. The van der Waals surface area contributed by atoms with Gasteiger partial charge in [-0.25, -0.2) is 9.79 Å². The largest absolute Gasteiger partial charge is 0.496 e. The highest BCUT2D eigenvalue weighted by Gasteiger charge is 2.24. The highest BCUT2D eigenvalue weighted by molar-refractivity contribution is 6.11. The monoisotopic (exact) mass is 365 g/mol. The molecule has 1 aliphatic rings. The standard InChI is InChI=1S/C21H19NO5/c1-24-17-10-5-4-7-14(17)8-6-9-16-21(23)27-20(22-16)15-11-12-18(25-2)19(13-15)26-3/h4-13H,1-3H3. The Morgan fingerprint density at radius 2 is 1.67 bits per heavy atom. The van der Waals surface area contributed by atoms with Crippen molar-refractivity contribution < 1.29 is 23.7 Å². The van der Waals surface area contributed by atoms with Crippen molar-refractivity contribution in [1.29, 1.82) is 0 Å². The van der Waals surface area contributed by atoms with Crippen LogP contribution < -0.4 is 14.2 Å². The number of carbonyl (C=O) groups is 1. The van der Waals surface area contributed by atoms with Crippen LogP contribution in [0.5, 0.6) is 17.2 Å². The lowest BCUT2D eigenvalue weighted by Gasteiger charge is -2.08. The molecule has 0 aliphatic carbocycles. The fourth-order valence-electron chi connectivity index (χ4n) is 2.56. The molecule has 6 nitrogen and oxygen atoms in total. The second-order valence-electron chi connectivity index (χ2n) is 5.53. The molecule has 0 bridgehead atoms. The van der Waals surface area contributed by atoms with Gasteiger partial charge < -0.3 is 18.9 Å². The fraction of sp³-hybridized carbons (Fsp3) is 0.143. The number of cyclic esters (lactones) is 1. The van der Waals surface area contributed by atoms with Gasteiger partial charge in [-0.15, -0.1) is 0 Å². The molecule has 0 aromatic heterocycles. The summed E-state index contributed by atoms with van der Waals surface area (Å²) in [5.74, 6) is 1.57. The lowest BCUT2D eigenvalue weighted by atomic mass is 10.2. The van der Waals surface area contributed by atoms with Crippen LogP contribution in [-0.4, -0.2) is 33.2 Å². The summed E-state index contributed by atoms with van der Waals surface area (Å²) in [5.41, 5.74) is 1.73. The average Bonchev–Trinajstić information content (AvgIpc) is 3.08. The van der Waals surface area contributed by atoms with E-state index in [1.165, 1.54) is 7.11 Å². The van der Waals surface area contributed by atoms with Crippen molar-refractivity contribution in [2.75, 3.05) is 21.3 Å². The van der Waals surface area contributed by atoms with Crippen molar-refractivity contribution in [3.63, 3.8) is 0 Å². The van der Waals surface area contributed by atoms with Gasteiger partial charge in [0, 0.05) is 11.1 Å². The third kappa shape index (κ3) is 4.00. The van der Waals surface area contributed by atoms with Gasteiger partial charge in [0.2, 0.25) is 5.90 Å². The molecule has 3 rings (SSSR count). The van der Waals surface area contributed by atoms with E-state index in [-0.39, 0.29) is 11.6 Å². The molecule has 1 heterocycles. The molecule has 2 aromatic rings. The summed E-state index contributed by atoms with van der Waals surface area (Å²) >= 11 is 0. The Bertz CT molecular complexity index is 943. The Labute approximate surface area is 157 Å². The first-order chi connectivity index (χ1) is 13.2. The van der Waals surface area contributed by atoms with Crippen LogP contribution in [-0.2, 0) is 9.53 Å². The summed E-state index contributed by atoms with van der Waals surface area (Å²) in [7, 11) is 4.71. The van der Waals surface area contributed by atoms with E-state index in [9.17, 15) is 4.79 Å². The van der Waals surface area contributed by atoms with Crippen LogP contribution in [0.15, 0.2) is 65.3 Å². The predicted octanol–water partition coefficient (Wildman–Crippen LogP) is 3.61. The van der Waals surface area contributed by atoms with Crippen LogP contribution >= 0.6 is 0 Å². The molecule has 2 aromatic carbocycles. The molecule has 0 N–H and O–H groups in total. The molecule has 1 aliphatic heterocycles. The van der Waals surface area contributed by atoms with E-state index in [0.717, 1.165) is 11.3 Å². The first kappa shape index (κ1) is 18.3. The van der Waals surface area contributed by atoms with Crippen molar-refractivity contribution in [1.82, 2.24) is 0 Å². The highest BCUT2D eigenvalue weighted by Crippen LogP contribution is 2.29. The van der Waals surface area contributed by atoms with E-state index in [4.69, 9.17) is 18.9 Å². The summed E-state index contributed by atoms with van der Waals surface area (Å²) in [5, 5.41) is 0. The van der Waals surface area contributed by atoms with Crippen molar-refractivity contribution >= 4 is 17.9 Å². The Kier molecular flexibility index (Phi) is 5.56. The number of benzene rings is 2. The zero-order chi connectivity index (χ0) is 19.2. The summed E-state index contributed by atoms with van der Waals surface area (Å²) < 4.78 is 21.0. The van der Waals surface area contributed by atoms with Gasteiger partial charge in [0.1, 0.15) is 5.75 Å². The SMILES string of the molecule is COc1ccccc1C=CC=C1N=C(c2ccc(OC)c(OC)c2)OC1=O. The van der Waals surface area contributed by atoms with E-state index < -0.39 is 5.97 Å². The Hall–Kier alpha value is -3.54. The molecule has 6 heteroatoms. The van der Waals surface area contributed by atoms with Gasteiger partial charge >= 0.3 is 5.97 Å². The predicted molar refractivity (Wildman–Crippen MR) is 102 cm³/mol. The minimum atomic E-state index is -0.510.